The van der Waals surface area contributed by atoms with Gasteiger partial charge in [0.05, 0.1) is 44.5 Å². The Morgan fingerprint density at radius 1 is 0.302 bits per heavy atom. The molecule has 0 heterocycles. The zero-order valence-electron chi connectivity index (χ0n) is 26.7. The van der Waals surface area contributed by atoms with Gasteiger partial charge in [-0.05, 0) is 97.1 Å². The summed E-state index contributed by atoms with van der Waals surface area (Å²) in [5.41, 5.74) is 1.28. The van der Waals surface area contributed by atoms with Crippen molar-refractivity contribution < 1.29 is 99.9 Å². The summed E-state index contributed by atoms with van der Waals surface area (Å²) in [4.78, 5) is 101. The molecule has 12 N–H and O–H groups in total. The van der Waals surface area contributed by atoms with Gasteiger partial charge in [-0.3, -0.25) is 0 Å². The maximum Gasteiger partial charge on any atom is 0.356 e. The van der Waals surface area contributed by atoms with Crippen molar-refractivity contribution in [3.63, 3.8) is 0 Å². The molecule has 20 nitrogen and oxygen atoms in total. The van der Waals surface area contributed by atoms with E-state index in [2.05, 4.69) is 42.9 Å². The van der Waals surface area contributed by atoms with Crippen molar-refractivity contribution in [2.24, 2.45) is 23.6 Å². The average molecular weight is 772 g/mol. The second-order valence-electron chi connectivity index (χ2n) is 9.15. The number of carboxylic acid groups (broad SMARTS) is 4. The van der Waals surface area contributed by atoms with Crippen molar-refractivity contribution in [2.75, 3.05) is 0 Å². The van der Waals surface area contributed by atoms with E-state index in [0.29, 0.717) is 0 Å². The summed E-state index contributed by atoms with van der Waals surface area (Å²) >= 11 is 0. The summed E-state index contributed by atoms with van der Waals surface area (Å²) in [6, 6.07) is 21.1. The Morgan fingerprint density at radius 2 is 0.415 bits per heavy atom. The van der Waals surface area contributed by atoms with Crippen LogP contribution in [0.1, 0.15) is 82.9 Å². The number of aromatic carboxylic acids is 4. The van der Waals surface area contributed by atoms with Crippen LogP contribution in [0, 0.1) is 0 Å². The van der Waals surface area contributed by atoms with Gasteiger partial charge in [-0.25, -0.2) is 38.4 Å². The third-order valence-electron chi connectivity index (χ3n) is 5.90. The van der Waals surface area contributed by atoms with Crippen LogP contribution in [0.2, 0.25) is 0 Å². The Hall–Kier alpha value is -6.81. The molecule has 4 rings (SSSR count). The number of carboxylic acids is 4. The van der Waals surface area contributed by atoms with Gasteiger partial charge < -0.3 is 39.8 Å². The molecule has 21 heteroatoms. The predicted octanol–water partition coefficient (Wildman–Crippen LogP) is 1.66. The van der Waals surface area contributed by atoms with Crippen LogP contribution in [0.3, 0.4) is 0 Å². The Kier molecular flexibility index (Phi) is 20.5. The van der Waals surface area contributed by atoms with E-state index in [9.17, 15) is 38.4 Å². The van der Waals surface area contributed by atoms with E-state index in [-0.39, 0.29) is 66.2 Å². The average Bonchev–Trinajstić information content (AvgIpc) is 3.17. The molecule has 0 aliphatic heterocycles. The minimum absolute atomic E-state index is 0. The molecule has 0 aromatic heterocycles. The fourth-order valence-corrected chi connectivity index (χ4v) is 3.27. The second kappa shape index (κ2) is 23.6. The fraction of sp³-hybridized carbons (Fsp3) is 0. The van der Waals surface area contributed by atoms with Crippen molar-refractivity contribution in [2.45, 2.75) is 0 Å². The molecule has 0 spiro atoms. The van der Waals surface area contributed by atoms with Crippen molar-refractivity contribution in [1.29, 1.82) is 0 Å². The normalized spacial score (nSPS) is 9.13. The van der Waals surface area contributed by atoms with E-state index < -0.39 is 47.8 Å². The van der Waals surface area contributed by atoms with Gasteiger partial charge in [0.25, 0.3) is 0 Å². The van der Waals surface area contributed by atoms with Gasteiger partial charge in [0.15, 0.2) is 0 Å². The van der Waals surface area contributed by atoms with Gasteiger partial charge in [0.1, 0.15) is 0 Å². The molecule has 0 saturated carbocycles. The maximum atomic E-state index is 10.8. The molecule has 0 atom stereocenters. The Labute approximate surface area is 312 Å². The Morgan fingerprint density at radius 3 is 0.509 bits per heavy atom. The molecule has 0 radical (unpaired) electrons. The zero-order valence-corrected chi connectivity index (χ0v) is 28.3. The standard InChI is InChI=1S/4C8H7NO4.Ti/c4*9-13-8(12)6-3-1-5(2-4-6)7(10)11;/h4*1-4H,9H2,(H,10,11);. The van der Waals surface area contributed by atoms with Gasteiger partial charge in [-0.15, -0.1) is 0 Å². The van der Waals surface area contributed by atoms with Gasteiger partial charge in [0.2, 0.25) is 0 Å². The van der Waals surface area contributed by atoms with Gasteiger partial charge in [0, 0.05) is 21.7 Å². The summed E-state index contributed by atoms with van der Waals surface area (Å²) < 4.78 is 0. The van der Waals surface area contributed by atoms with Crippen LogP contribution in [-0.4, -0.2) is 68.2 Å². The molecule has 4 aromatic rings. The summed E-state index contributed by atoms with van der Waals surface area (Å²) in [5.74, 6) is 11.6. The summed E-state index contributed by atoms with van der Waals surface area (Å²) in [7, 11) is 0. The number of rotatable bonds is 8. The second-order valence-corrected chi connectivity index (χ2v) is 9.15. The molecule has 4 aromatic carbocycles. The molecule has 0 aliphatic carbocycles. The molecule has 0 fully saturated rings. The Balaban J connectivity index is 0.000000676. The van der Waals surface area contributed by atoms with E-state index in [0.717, 1.165) is 0 Å². The maximum absolute atomic E-state index is 10.8. The fourth-order valence-electron chi connectivity index (χ4n) is 3.27. The molecule has 0 saturated heterocycles. The van der Waals surface area contributed by atoms with Crippen LogP contribution in [0.5, 0.6) is 0 Å². The van der Waals surface area contributed by atoms with E-state index in [1.807, 2.05) is 0 Å². The van der Waals surface area contributed by atoms with E-state index in [4.69, 9.17) is 20.4 Å². The SMILES string of the molecule is NOC(=O)c1ccc(C(=O)O)cc1.NOC(=O)c1ccc(C(=O)O)cc1.NOC(=O)c1ccc(C(=O)O)cc1.NOC(=O)c1ccc(C(=O)O)cc1.[Ti]. The monoisotopic (exact) mass is 772 g/mol. The Bertz CT molecular complexity index is 1610. The molecule has 0 bridgehead atoms. The number of benzene rings is 4. The molecule has 0 aliphatic rings. The van der Waals surface area contributed by atoms with Crippen LogP contribution < -0.4 is 23.6 Å². The smallest absolute Gasteiger partial charge is 0.356 e. The zero-order chi connectivity index (χ0) is 39.4. The minimum Gasteiger partial charge on any atom is -0.478 e. The molecular formula is C32H28N4O16Ti. The van der Waals surface area contributed by atoms with Crippen LogP contribution in [0.4, 0.5) is 0 Å². The van der Waals surface area contributed by atoms with Crippen LogP contribution in [-0.2, 0) is 41.1 Å². The van der Waals surface area contributed by atoms with E-state index in [1.54, 1.807) is 0 Å². The number of nitrogens with two attached hydrogens (primary N) is 4. The first-order valence-electron chi connectivity index (χ1n) is 13.6. The van der Waals surface area contributed by atoms with Crippen molar-refractivity contribution in [3.05, 3.63) is 142 Å². The molecule has 0 unspecified atom stereocenters. The van der Waals surface area contributed by atoms with Crippen molar-refractivity contribution >= 4 is 47.8 Å². The third kappa shape index (κ3) is 15.7. The number of carbonyl (C=O) groups excluding carboxylic acids is 4. The van der Waals surface area contributed by atoms with Crippen LogP contribution in [0.15, 0.2) is 97.1 Å². The van der Waals surface area contributed by atoms with Crippen LogP contribution in [0.25, 0.3) is 0 Å². The minimum atomic E-state index is -1.05. The first kappa shape index (κ1) is 46.2. The molecular weight excluding hydrogens is 744 g/mol. The largest absolute Gasteiger partial charge is 0.478 e. The topological polar surface area (TPSA) is 358 Å². The summed E-state index contributed by atoms with van der Waals surface area (Å²) in [6.07, 6.45) is 0. The summed E-state index contributed by atoms with van der Waals surface area (Å²) in [5, 5.41) is 34.1. The molecule has 276 valence electrons. The first-order chi connectivity index (χ1) is 24.6. The van der Waals surface area contributed by atoms with E-state index in [1.165, 1.54) is 97.1 Å². The number of carbonyl (C=O) groups is 8. The predicted molar refractivity (Wildman–Crippen MR) is 172 cm³/mol. The van der Waals surface area contributed by atoms with E-state index >= 15 is 0 Å². The number of hydrogen-bond acceptors (Lipinski definition) is 16. The van der Waals surface area contributed by atoms with Crippen LogP contribution >= 0.6 is 0 Å². The molecule has 53 heavy (non-hydrogen) atoms. The van der Waals surface area contributed by atoms with Crippen molar-refractivity contribution in [1.82, 2.24) is 0 Å². The van der Waals surface area contributed by atoms with Crippen molar-refractivity contribution in [3.8, 4) is 0 Å². The summed E-state index contributed by atoms with van der Waals surface area (Å²) in [6.45, 7) is 0. The third-order valence-corrected chi connectivity index (χ3v) is 5.90. The molecule has 0 amide bonds. The first-order valence-corrected chi connectivity index (χ1v) is 13.6. The number of hydrogen-bond donors (Lipinski definition) is 8. The van der Waals surface area contributed by atoms with Gasteiger partial charge >= 0.3 is 47.8 Å². The van der Waals surface area contributed by atoms with Gasteiger partial charge in [-0.1, -0.05) is 0 Å². The van der Waals surface area contributed by atoms with Gasteiger partial charge in [-0.2, -0.15) is 23.6 Å². The quantitative estimate of drug-likeness (QED) is 0.0932.